The van der Waals surface area contributed by atoms with E-state index in [4.69, 9.17) is 4.84 Å². The lowest BCUT2D eigenvalue weighted by molar-refractivity contribution is -0.243. The molecule has 0 aromatic carbocycles. The Bertz CT molecular complexity index is 644. The predicted octanol–water partition coefficient (Wildman–Crippen LogP) is 4.22. The second kappa shape index (κ2) is 5.77. The standard InChI is InChI=1S/C20H32N2O4/c1-17(2)14(7-9-19(17,5)21-25)12-16(24)26-22-15(23)11-13-8-10-20(22,6)18(13,3)4/h13-14H,7-12H2,1-6H3/t13-,14?,19?,20-/m1/s1. The first kappa shape index (κ1) is 19.3. The van der Waals surface area contributed by atoms with Crippen molar-refractivity contribution in [3.05, 3.63) is 4.91 Å². The number of nitroso groups, excluding NO2 is 1. The largest absolute Gasteiger partial charge is 0.338 e. The first-order valence-electron chi connectivity index (χ1n) is 9.77. The van der Waals surface area contributed by atoms with Crippen molar-refractivity contribution in [1.29, 1.82) is 0 Å². The molecule has 1 saturated heterocycles. The molecule has 26 heavy (non-hydrogen) atoms. The van der Waals surface area contributed by atoms with Gasteiger partial charge in [-0.25, -0.2) is 4.79 Å². The van der Waals surface area contributed by atoms with Crippen molar-refractivity contribution in [2.75, 3.05) is 0 Å². The first-order chi connectivity index (χ1) is 11.9. The Morgan fingerprint density at radius 1 is 1.12 bits per heavy atom. The number of hydrogen-bond acceptors (Lipinski definition) is 5. The van der Waals surface area contributed by atoms with Gasteiger partial charge in [-0.05, 0) is 62.2 Å². The van der Waals surface area contributed by atoms with Gasteiger partial charge < -0.3 is 4.84 Å². The Morgan fingerprint density at radius 2 is 1.77 bits per heavy atom. The monoisotopic (exact) mass is 364 g/mol. The van der Waals surface area contributed by atoms with Crippen LogP contribution in [0, 0.1) is 27.6 Å². The summed E-state index contributed by atoms with van der Waals surface area (Å²) in [5.41, 5.74) is -1.56. The minimum absolute atomic E-state index is 0.0229. The molecule has 6 heteroatoms. The van der Waals surface area contributed by atoms with Crippen LogP contribution in [-0.4, -0.2) is 28.0 Å². The fourth-order valence-corrected chi connectivity index (χ4v) is 5.46. The van der Waals surface area contributed by atoms with Crippen LogP contribution in [0.4, 0.5) is 0 Å². The van der Waals surface area contributed by atoms with Crippen LogP contribution in [0.3, 0.4) is 0 Å². The Labute approximate surface area is 156 Å². The summed E-state index contributed by atoms with van der Waals surface area (Å²) in [4.78, 5) is 42.3. The Kier molecular flexibility index (Phi) is 4.28. The molecule has 6 nitrogen and oxygen atoms in total. The highest BCUT2D eigenvalue weighted by atomic mass is 16.7. The number of piperidine rings is 1. The average Bonchev–Trinajstić information content (AvgIpc) is 2.84. The van der Waals surface area contributed by atoms with Gasteiger partial charge in [-0.3, -0.25) is 4.79 Å². The summed E-state index contributed by atoms with van der Waals surface area (Å²) in [5, 5.41) is 4.72. The average molecular weight is 364 g/mol. The summed E-state index contributed by atoms with van der Waals surface area (Å²) in [6.07, 6.45) is 3.94. The van der Waals surface area contributed by atoms with E-state index in [1.807, 2.05) is 27.7 Å². The van der Waals surface area contributed by atoms with Crippen molar-refractivity contribution >= 4 is 11.9 Å². The minimum Gasteiger partial charge on any atom is -0.338 e. The molecule has 2 bridgehead atoms. The highest BCUT2D eigenvalue weighted by Gasteiger charge is 2.62. The Hall–Kier alpha value is -1.46. The number of amides is 1. The number of hydroxylamine groups is 2. The van der Waals surface area contributed by atoms with Crippen LogP contribution in [0.2, 0.25) is 0 Å². The third-order valence-corrected chi connectivity index (χ3v) is 8.68. The number of carbonyl (C=O) groups excluding carboxylic acids is 2. The molecule has 1 heterocycles. The summed E-state index contributed by atoms with van der Waals surface area (Å²) >= 11 is 0. The lowest BCUT2D eigenvalue weighted by Crippen LogP contribution is -2.61. The van der Waals surface area contributed by atoms with E-state index >= 15 is 0 Å². The normalized spacial score (nSPS) is 40.5. The van der Waals surface area contributed by atoms with Crippen LogP contribution in [0.15, 0.2) is 5.18 Å². The second-order valence-electron chi connectivity index (χ2n) is 10.1. The molecule has 0 N–H and O–H groups in total. The number of hydrogen-bond donors (Lipinski definition) is 0. The van der Waals surface area contributed by atoms with Crippen LogP contribution in [-0.2, 0) is 14.4 Å². The third kappa shape index (κ3) is 2.43. The lowest BCUT2D eigenvalue weighted by atomic mass is 9.67. The predicted molar refractivity (Wildman–Crippen MR) is 97.8 cm³/mol. The topological polar surface area (TPSA) is 76.0 Å². The lowest BCUT2D eigenvalue weighted by Gasteiger charge is -2.50. The fraction of sp³-hybridized carbons (Fsp3) is 0.900. The molecule has 0 radical (unpaired) electrons. The van der Waals surface area contributed by atoms with Crippen molar-refractivity contribution in [3.63, 3.8) is 0 Å². The van der Waals surface area contributed by atoms with Gasteiger partial charge >= 0.3 is 5.97 Å². The van der Waals surface area contributed by atoms with E-state index in [1.54, 1.807) is 0 Å². The second-order valence-corrected chi connectivity index (χ2v) is 10.1. The first-order valence-corrected chi connectivity index (χ1v) is 9.77. The van der Waals surface area contributed by atoms with Crippen LogP contribution >= 0.6 is 0 Å². The zero-order valence-corrected chi connectivity index (χ0v) is 16.9. The summed E-state index contributed by atoms with van der Waals surface area (Å²) in [6.45, 7) is 12.2. The van der Waals surface area contributed by atoms with E-state index in [2.05, 4.69) is 19.0 Å². The SMILES string of the molecule is CC1(N=O)CCC(CC(=O)ON2C(=O)C[C@H]3CC[C@]2(C)C3(C)C)C1(C)C. The molecular formula is C20H32N2O4. The highest BCUT2D eigenvalue weighted by Crippen LogP contribution is 2.58. The van der Waals surface area contributed by atoms with E-state index in [0.29, 0.717) is 18.8 Å². The molecule has 3 fully saturated rings. The zero-order chi connectivity index (χ0) is 19.5. The van der Waals surface area contributed by atoms with Gasteiger partial charge in [0.1, 0.15) is 5.54 Å². The molecule has 2 aliphatic carbocycles. The molecule has 2 saturated carbocycles. The van der Waals surface area contributed by atoms with Crippen molar-refractivity contribution in [2.45, 2.75) is 91.1 Å². The molecule has 0 aromatic rings. The van der Waals surface area contributed by atoms with E-state index in [9.17, 15) is 14.5 Å². The van der Waals surface area contributed by atoms with Gasteiger partial charge in [-0.2, -0.15) is 9.97 Å². The zero-order valence-electron chi connectivity index (χ0n) is 16.9. The van der Waals surface area contributed by atoms with E-state index < -0.39 is 11.1 Å². The maximum atomic E-state index is 12.7. The summed E-state index contributed by atoms with van der Waals surface area (Å²) in [7, 11) is 0. The summed E-state index contributed by atoms with van der Waals surface area (Å²) < 4.78 is 0. The van der Waals surface area contributed by atoms with Crippen LogP contribution in [0.1, 0.15) is 80.1 Å². The molecule has 0 aromatic heterocycles. The van der Waals surface area contributed by atoms with E-state index in [0.717, 1.165) is 19.3 Å². The number of rotatable bonds is 4. The minimum atomic E-state index is -0.661. The maximum Gasteiger partial charge on any atom is 0.332 e. The van der Waals surface area contributed by atoms with Crippen molar-refractivity contribution in [1.82, 2.24) is 5.06 Å². The van der Waals surface area contributed by atoms with E-state index in [-0.39, 0.29) is 35.0 Å². The van der Waals surface area contributed by atoms with Gasteiger partial charge in [0, 0.05) is 6.42 Å². The highest BCUT2D eigenvalue weighted by molar-refractivity contribution is 5.80. The van der Waals surface area contributed by atoms with Crippen LogP contribution in [0.25, 0.3) is 0 Å². The maximum absolute atomic E-state index is 12.7. The fourth-order valence-electron chi connectivity index (χ4n) is 5.46. The third-order valence-electron chi connectivity index (χ3n) is 8.68. The van der Waals surface area contributed by atoms with Crippen molar-refractivity contribution in [3.8, 4) is 0 Å². The Balaban J connectivity index is 1.73. The molecule has 3 rings (SSSR count). The van der Waals surface area contributed by atoms with Gasteiger partial charge in [0.2, 0.25) is 0 Å². The molecule has 0 spiro atoms. The summed E-state index contributed by atoms with van der Waals surface area (Å²) in [6, 6.07) is 0. The van der Waals surface area contributed by atoms with Gasteiger partial charge in [-0.1, -0.05) is 32.9 Å². The number of carbonyl (C=O) groups is 2. The van der Waals surface area contributed by atoms with E-state index in [1.165, 1.54) is 5.06 Å². The number of fused-ring (bicyclic) bond motifs is 2. The molecule has 4 atom stereocenters. The van der Waals surface area contributed by atoms with Gasteiger partial charge in [-0.15, -0.1) is 0 Å². The van der Waals surface area contributed by atoms with Crippen LogP contribution < -0.4 is 0 Å². The van der Waals surface area contributed by atoms with Crippen molar-refractivity contribution in [2.24, 2.45) is 27.8 Å². The van der Waals surface area contributed by atoms with Crippen molar-refractivity contribution < 1.29 is 14.4 Å². The van der Waals surface area contributed by atoms with Gasteiger partial charge in [0.15, 0.2) is 0 Å². The quantitative estimate of drug-likeness (QED) is 0.700. The molecule has 1 aliphatic heterocycles. The molecule has 1 amide bonds. The van der Waals surface area contributed by atoms with Gasteiger partial charge in [0.25, 0.3) is 5.91 Å². The molecule has 2 unspecified atom stereocenters. The molecule has 146 valence electrons. The molecular weight excluding hydrogens is 332 g/mol. The van der Waals surface area contributed by atoms with Gasteiger partial charge in [0.05, 0.1) is 12.0 Å². The van der Waals surface area contributed by atoms with Crippen LogP contribution in [0.5, 0.6) is 0 Å². The smallest absolute Gasteiger partial charge is 0.332 e. The summed E-state index contributed by atoms with van der Waals surface area (Å²) in [5.74, 6) is -0.0977. The molecule has 3 aliphatic rings. The number of nitrogens with zero attached hydrogens (tertiary/aromatic N) is 2. The Morgan fingerprint density at radius 3 is 2.35 bits per heavy atom.